The summed E-state index contributed by atoms with van der Waals surface area (Å²) in [5.41, 5.74) is 1.25. The van der Waals surface area contributed by atoms with E-state index in [1.807, 2.05) is 12.1 Å². The monoisotopic (exact) mass is 390 g/mol. The number of hydrogen-bond donors (Lipinski definition) is 1. The smallest absolute Gasteiger partial charge is 0.252 e. The molecule has 2 aromatic carbocycles. The molecular weight excluding hydrogens is 375 g/mol. The molecule has 1 N–H and O–H groups in total. The molecule has 0 saturated carbocycles. The van der Waals surface area contributed by atoms with Gasteiger partial charge in [0.1, 0.15) is 5.82 Å². The second-order valence-electron chi connectivity index (χ2n) is 5.74. The lowest BCUT2D eigenvalue weighted by Gasteiger charge is -2.17. The van der Waals surface area contributed by atoms with Crippen LogP contribution in [0.15, 0.2) is 53.0 Å². The Bertz CT molecular complexity index is 764. The van der Waals surface area contributed by atoms with Crippen molar-refractivity contribution < 1.29 is 14.0 Å². The number of rotatable bonds is 4. The van der Waals surface area contributed by atoms with Crippen LogP contribution < -0.4 is 10.2 Å². The highest BCUT2D eigenvalue weighted by Gasteiger charge is 2.30. The van der Waals surface area contributed by atoms with Crippen molar-refractivity contribution in [2.24, 2.45) is 5.92 Å². The molecule has 24 heavy (non-hydrogen) atoms. The molecule has 2 amide bonds. The Balaban J connectivity index is 1.59. The van der Waals surface area contributed by atoms with Gasteiger partial charge in [-0.25, -0.2) is 4.39 Å². The molecule has 1 unspecified atom stereocenters. The second kappa shape index (κ2) is 7.13. The topological polar surface area (TPSA) is 49.4 Å². The maximum atomic E-state index is 13.0. The summed E-state index contributed by atoms with van der Waals surface area (Å²) in [4.78, 5) is 26.0. The fraction of sp³-hybridized carbons (Fsp3) is 0.222. The molecule has 0 aliphatic carbocycles. The number of nitrogens with one attached hydrogen (secondary N) is 1. The van der Waals surface area contributed by atoms with Crippen molar-refractivity contribution in [1.29, 1.82) is 0 Å². The van der Waals surface area contributed by atoms with E-state index in [0.717, 1.165) is 4.47 Å². The molecule has 124 valence electrons. The van der Waals surface area contributed by atoms with E-state index in [-0.39, 0.29) is 23.5 Å². The van der Waals surface area contributed by atoms with Gasteiger partial charge in [0, 0.05) is 35.6 Å². The van der Waals surface area contributed by atoms with Gasteiger partial charge < -0.3 is 10.2 Å². The first kappa shape index (κ1) is 16.6. The summed E-state index contributed by atoms with van der Waals surface area (Å²) in [7, 11) is 0. The summed E-state index contributed by atoms with van der Waals surface area (Å²) < 4.78 is 13.7. The van der Waals surface area contributed by atoms with Gasteiger partial charge in [0.05, 0.1) is 5.56 Å². The van der Waals surface area contributed by atoms with E-state index < -0.39 is 0 Å². The number of anilines is 1. The maximum Gasteiger partial charge on any atom is 0.252 e. The zero-order valence-electron chi connectivity index (χ0n) is 12.8. The van der Waals surface area contributed by atoms with Crippen molar-refractivity contribution in [3.63, 3.8) is 0 Å². The third-order valence-corrected chi connectivity index (χ3v) is 4.70. The van der Waals surface area contributed by atoms with Crippen LogP contribution in [0.1, 0.15) is 16.8 Å². The lowest BCUT2D eigenvalue weighted by atomic mass is 10.1. The Morgan fingerprint density at radius 2 is 1.92 bits per heavy atom. The average molecular weight is 391 g/mol. The lowest BCUT2D eigenvalue weighted by molar-refractivity contribution is -0.117. The molecule has 1 atom stereocenters. The standard InChI is InChI=1S/C18H16BrFN2O2/c19-16-4-2-1-3-15(16)18(24)21-10-12-9-17(23)22(11-12)14-7-5-13(20)6-8-14/h1-8,12H,9-11H2,(H,21,24). The predicted octanol–water partition coefficient (Wildman–Crippen LogP) is 3.37. The molecule has 0 radical (unpaired) electrons. The first-order chi connectivity index (χ1) is 11.5. The molecule has 1 aliphatic heterocycles. The number of carbonyl (C=O) groups is 2. The number of amides is 2. The van der Waals surface area contributed by atoms with Crippen molar-refractivity contribution in [3.8, 4) is 0 Å². The highest BCUT2D eigenvalue weighted by atomic mass is 79.9. The van der Waals surface area contributed by atoms with Gasteiger partial charge in [-0.05, 0) is 52.3 Å². The van der Waals surface area contributed by atoms with E-state index in [0.29, 0.717) is 30.8 Å². The molecule has 1 aliphatic rings. The van der Waals surface area contributed by atoms with Gasteiger partial charge in [-0.1, -0.05) is 12.1 Å². The van der Waals surface area contributed by atoms with Gasteiger partial charge in [-0.3, -0.25) is 9.59 Å². The van der Waals surface area contributed by atoms with Crippen molar-refractivity contribution in [2.75, 3.05) is 18.0 Å². The Morgan fingerprint density at radius 3 is 2.62 bits per heavy atom. The van der Waals surface area contributed by atoms with E-state index >= 15 is 0 Å². The van der Waals surface area contributed by atoms with Gasteiger partial charge in [0.15, 0.2) is 0 Å². The molecule has 1 heterocycles. The number of halogens is 2. The molecular formula is C18H16BrFN2O2. The minimum Gasteiger partial charge on any atom is -0.352 e. The van der Waals surface area contributed by atoms with E-state index in [1.165, 1.54) is 12.1 Å². The molecule has 3 rings (SSSR count). The summed E-state index contributed by atoms with van der Waals surface area (Å²) in [6.07, 6.45) is 0.369. The van der Waals surface area contributed by atoms with Crippen LogP contribution in [0.4, 0.5) is 10.1 Å². The number of carbonyl (C=O) groups excluding carboxylic acids is 2. The van der Waals surface area contributed by atoms with Crippen molar-refractivity contribution in [2.45, 2.75) is 6.42 Å². The van der Waals surface area contributed by atoms with Crippen LogP contribution >= 0.6 is 15.9 Å². The van der Waals surface area contributed by atoms with Crippen LogP contribution in [0.25, 0.3) is 0 Å². The summed E-state index contributed by atoms with van der Waals surface area (Å²) >= 11 is 3.35. The second-order valence-corrected chi connectivity index (χ2v) is 6.60. The Hall–Kier alpha value is -2.21. The number of benzene rings is 2. The Kier molecular flexibility index (Phi) is 4.94. The van der Waals surface area contributed by atoms with Crippen LogP contribution in [-0.4, -0.2) is 24.9 Å². The van der Waals surface area contributed by atoms with E-state index in [4.69, 9.17) is 0 Å². The highest BCUT2D eigenvalue weighted by Crippen LogP contribution is 2.25. The third kappa shape index (κ3) is 3.64. The first-order valence-electron chi connectivity index (χ1n) is 7.63. The van der Waals surface area contributed by atoms with Crippen molar-refractivity contribution in [3.05, 3.63) is 64.4 Å². The van der Waals surface area contributed by atoms with Crippen LogP contribution in [0.5, 0.6) is 0 Å². The van der Waals surface area contributed by atoms with Crippen LogP contribution in [0, 0.1) is 11.7 Å². The molecule has 0 bridgehead atoms. The van der Waals surface area contributed by atoms with Crippen LogP contribution in [0.2, 0.25) is 0 Å². The molecule has 1 fully saturated rings. The zero-order chi connectivity index (χ0) is 17.1. The fourth-order valence-corrected chi connectivity index (χ4v) is 3.23. The molecule has 0 spiro atoms. The van der Waals surface area contributed by atoms with E-state index in [9.17, 15) is 14.0 Å². The average Bonchev–Trinajstić information content (AvgIpc) is 2.95. The molecule has 2 aromatic rings. The van der Waals surface area contributed by atoms with Crippen LogP contribution in [0.3, 0.4) is 0 Å². The molecule has 0 aromatic heterocycles. The zero-order valence-corrected chi connectivity index (χ0v) is 14.4. The molecule has 1 saturated heterocycles. The summed E-state index contributed by atoms with van der Waals surface area (Å²) in [6.45, 7) is 0.935. The summed E-state index contributed by atoms with van der Waals surface area (Å²) in [5, 5.41) is 2.88. The van der Waals surface area contributed by atoms with E-state index in [2.05, 4.69) is 21.2 Å². The van der Waals surface area contributed by atoms with Gasteiger partial charge in [0.2, 0.25) is 5.91 Å². The maximum absolute atomic E-state index is 13.0. The van der Waals surface area contributed by atoms with Gasteiger partial charge in [-0.15, -0.1) is 0 Å². The largest absolute Gasteiger partial charge is 0.352 e. The molecule has 4 nitrogen and oxygen atoms in total. The third-order valence-electron chi connectivity index (χ3n) is 4.01. The fourth-order valence-electron chi connectivity index (χ4n) is 2.77. The van der Waals surface area contributed by atoms with Gasteiger partial charge in [0.25, 0.3) is 5.91 Å². The SMILES string of the molecule is O=C(NCC1CC(=O)N(c2ccc(F)cc2)C1)c1ccccc1Br. The van der Waals surface area contributed by atoms with Gasteiger partial charge in [-0.2, -0.15) is 0 Å². The predicted molar refractivity (Wildman–Crippen MR) is 93.3 cm³/mol. The number of hydrogen-bond acceptors (Lipinski definition) is 2. The van der Waals surface area contributed by atoms with Crippen molar-refractivity contribution in [1.82, 2.24) is 5.32 Å². The first-order valence-corrected chi connectivity index (χ1v) is 8.42. The Labute approximate surface area is 147 Å². The quantitative estimate of drug-likeness (QED) is 0.869. The highest BCUT2D eigenvalue weighted by molar-refractivity contribution is 9.10. The minimum atomic E-state index is -0.331. The van der Waals surface area contributed by atoms with Gasteiger partial charge >= 0.3 is 0 Å². The normalized spacial score (nSPS) is 17.2. The molecule has 6 heteroatoms. The summed E-state index contributed by atoms with van der Waals surface area (Å²) in [5.74, 6) is -0.478. The Morgan fingerprint density at radius 1 is 1.21 bits per heavy atom. The van der Waals surface area contributed by atoms with E-state index in [1.54, 1.807) is 29.2 Å². The minimum absolute atomic E-state index is 0.0123. The van der Waals surface area contributed by atoms with Crippen molar-refractivity contribution >= 4 is 33.4 Å². The summed E-state index contributed by atoms with van der Waals surface area (Å²) in [6, 6.07) is 13.1. The number of nitrogens with zero attached hydrogens (tertiary/aromatic N) is 1. The van der Waals surface area contributed by atoms with Crippen LogP contribution in [-0.2, 0) is 4.79 Å². The lowest BCUT2D eigenvalue weighted by Crippen LogP contribution is -2.31.